The van der Waals surface area contributed by atoms with E-state index in [0.29, 0.717) is 30.0 Å². The van der Waals surface area contributed by atoms with Gasteiger partial charge in [0.05, 0.1) is 5.56 Å². The summed E-state index contributed by atoms with van der Waals surface area (Å²) < 4.78 is 51.3. The molecule has 0 bridgehead atoms. The van der Waals surface area contributed by atoms with E-state index < -0.39 is 17.6 Å². The van der Waals surface area contributed by atoms with Crippen molar-refractivity contribution in [2.45, 2.75) is 12.7 Å². The Bertz CT molecular complexity index is 494. The van der Waals surface area contributed by atoms with Crippen LogP contribution in [-0.4, -0.2) is 31.1 Å². The van der Waals surface area contributed by atoms with Gasteiger partial charge in [-0.1, -0.05) is 0 Å². The van der Waals surface area contributed by atoms with E-state index in [2.05, 4.69) is 10.2 Å². The Balaban J connectivity index is 0.00000161. The fourth-order valence-corrected chi connectivity index (χ4v) is 3.25. The molecule has 7 heteroatoms. The van der Waals surface area contributed by atoms with Gasteiger partial charge in [-0.25, -0.2) is 4.39 Å². The first-order valence-electron chi connectivity index (χ1n) is 6.71. The van der Waals surface area contributed by atoms with Crippen molar-refractivity contribution in [2.24, 2.45) is 11.8 Å². The molecule has 0 spiro atoms. The molecule has 2 aliphatic rings. The highest BCUT2D eigenvalue weighted by Gasteiger charge is 2.36. The molecule has 1 aromatic carbocycles. The van der Waals surface area contributed by atoms with Crippen LogP contribution in [0.2, 0.25) is 0 Å². The SMILES string of the molecule is Cl.Fc1cc(CN2C[C@H]3CNC[C@H]3C2)cc(C(F)(F)F)c1. The van der Waals surface area contributed by atoms with E-state index >= 15 is 0 Å². The number of nitrogens with zero attached hydrogens (tertiary/aromatic N) is 1. The molecular weight excluding hydrogens is 308 g/mol. The van der Waals surface area contributed by atoms with Crippen molar-refractivity contribution in [1.29, 1.82) is 0 Å². The first-order chi connectivity index (χ1) is 9.41. The van der Waals surface area contributed by atoms with E-state index in [4.69, 9.17) is 0 Å². The molecule has 0 saturated carbocycles. The molecule has 2 atom stereocenters. The van der Waals surface area contributed by atoms with Crippen LogP contribution in [-0.2, 0) is 12.7 Å². The maximum absolute atomic E-state index is 13.3. The topological polar surface area (TPSA) is 15.3 Å². The number of nitrogens with one attached hydrogen (secondary N) is 1. The van der Waals surface area contributed by atoms with Crippen LogP contribution < -0.4 is 5.32 Å². The van der Waals surface area contributed by atoms with Gasteiger partial charge in [0, 0.05) is 19.6 Å². The molecule has 3 rings (SSSR count). The van der Waals surface area contributed by atoms with Crippen LogP contribution in [0.15, 0.2) is 18.2 Å². The molecule has 2 fully saturated rings. The van der Waals surface area contributed by atoms with Crippen LogP contribution in [0.1, 0.15) is 11.1 Å². The van der Waals surface area contributed by atoms with E-state index in [0.717, 1.165) is 32.2 Å². The lowest BCUT2D eigenvalue weighted by atomic mass is 10.0. The van der Waals surface area contributed by atoms with Crippen LogP contribution in [0.4, 0.5) is 17.6 Å². The maximum atomic E-state index is 13.3. The van der Waals surface area contributed by atoms with Crippen molar-refractivity contribution < 1.29 is 17.6 Å². The van der Waals surface area contributed by atoms with Gasteiger partial charge < -0.3 is 5.32 Å². The number of benzene rings is 1. The lowest BCUT2D eigenvalue weighted by molar-refractivity contribution is -0.137. The first-order valence-corrected chi connectivity index (χ1v) is 6.71. The molecule has 1 N–H and O–H groups in total. The van der Waals surface area contributed by atoms with Gasteiger partial charge in [0.2, 0.25) is 0 Å². The zero-order valence-electron chi connectivity index (χ0n) is 11.3. The number of alkyl halides is 3. The highest BCUT2D eigenvalue weighted by Crippen LogP contribution is 2.32. The molecule has 2 saturated heterocycles. The summed E-state index contributed by atoms with van der Waals surface area (Å²) in [7, 11) is 0. The Morgan fingerprint density at radius 3 is 2.29 bits per heavy atom. The lowest BCUT2D eigenvalue weighted by Crippen LogP contribution is -2.25. The predicted octanol–water partition coefficient (Wildman–Crippen LogP) is 2.92. The second-order valence-electron chi connectivity index (χ2n) is 5.72. The van der Waals surface area contributed by atoms with Crippen molar-refractivity contribution in [3.63, 3.8) is 0 Å². The summed E-state index contributed by atoms with van der Waals surface area (Å²) in [5.41, 5.74) is -0.515. The molecule has 2 aliphatic heterocycles. The molecule has 0 amide bonds. The zero-order valence-corrected chi connectivity index (χ0v) is 12.1. The van der Waals surface area contributed by atoms with Crippen molar-refractivity contribution in [1.82, 2.24) is 10.2 Å². The van der Waals surface area contributed by atoms with E-state index in [1.165, 1.54) is 6.07 Å². The van der Waals surface area contributed by atoms with Crippen LogP contribution in [0, 0.1) is 17.7 Å². The fourth-order valence-electron chi connectivity index (χ4n) is 3.25. The number of rotatable bonds is 2. The van der Waals surface area contributed by atoms with Gasteiger partial charge in [-0.15, -0.1) is 12.4 Å². The summed E-state index contributed by atoms with van der Waals surface area (Å²) in [6.07, 6.45) is -4.50. The summed E-state index contributed by atoms with van der Waals surface area (Å²) in [6.45, 7) is 4.06. The quantitative estimate of drug-likeness (QED) is 0.842. The normalized spacial score (nSPS) is 25.7. The van der Waals surface area contributed by atoms with Gasteiger partial charge in [0.1, 0.15) is 5.82 Å². The number of halogens is 5. The molecule has 118 valence electrons. The molecule has 1 aromatic rings. The highest BCUT2D eigenvalue weighted by molar-refractivity contribution is 5.85. The highest BCUT2D eigenvalue weighted by atomic mass is 35.5. The standard InChI is InChI=1S/C14H16F4N2.ClH/c15-13-2-9(1-12(3-13)14(16,17)18)6-20-7-10-4-19-5-11(10)8-20;/h1-3,10-11,19H,4-8H2;1H/t10-,11+;. The fraction of sp³-hybridized carbons (Fsp3) is 0.571. The first kappa shape index (κ1) is 16.5. The third-order valence-electron chi connectivity index (χ3n) is 4.16. The Hall–Kier alpha value is -0.850. The minimum atomic E-state index is -4.50. The second-order valence-corrected chi connectivity index (χ2v) is 5.72. The third-order valence-corrected chi connectivity index (χ3v) is 4.16. The number of hydrogen-bond donors (Lipinski definition) is 1. The van der Waals surface area contributed by atoms with Gasteiger partial charge in [-0.3, -0.25) is 4.90 Å². The van der Waals surface area contributed by atoms with Crippen molar-refractivity contribution in [3.8, 4) is 0 Å². The maximum Gasteiger partial charge on any atom is 0.416 e. The number of fused-ring (bicyclic) bond motifs is 1. The minimum absolute atomic E-state index is 0. The van der Waals surface area contributed by atoms with Crippen LogP contribution in [0.3, 0.4) is 0 Å². The average molecular weight is 325 g/mol. The number of hydrogen-bond acceptors (Lipinski definition) is 2. The summed E-state index contributed by atoms with van der Waals surface area (Å²) in [5, 5.41) is 3.31. The van der Waals surface area contributed by atoms with Crippen molar-refractivity contribution in [2.75, 3.05) is 26.2 Å². The number of likely N-dealkylation sites (tertiary alicyclic amines) is 1. The minimum Gasteiger partial charge on any atom is -0.316 e. The molecule has 2 nitrogen and oxygen atoms in total. The van der Waals surface area contributed by atoms with Crippen molar-refractivity contribution in [3.05, 3.63) is 35.1 Å². The Morgan fingerprint density at radius 1 is 1.10 bits per heavy atom. The Kier molecular flexibility index (Phi) is 4.80. The lowest BCUT2D eigenvalue weighted by Gasteiger charge is -2.18. The molecule has 0 radical (unpaired) electrons. The van der Waals surface area contributed by atoms with Crippen LogP contribution in [0.5, 0.6) is 0 Å². The summed E-state index contributed by atoms with van der Waals surface area (Å²) in [5.74, 6) is 0.326. The van der Waals surface area contributed by atoms with Crippen LogP contribution in [0.25, 0.3) is 0 Å². The smallest absolute Gasteiger partial charge is 0.316 e. The van der Waals surface area contributed by atoms with Gasteiger partial charge in [0.15, 0.2) is 0 Å². The Labute approximate surface area is 126 Å². The van der Waals surface area contributed by atoms with E-state index in [-0.39, 0.29) is 12.4 Å². The molecule has 0 aliphatic carbocycles. The average Bonchev–Trinajstić information content (AvgIpc) is 2.87. The Morgan fingerprint density at radius 2 is 1.71 bits per heavy atom. The molecule has 0 unspecified atom stereocenters. The van der Waals surface area contributed by atoms with Gasteiger partial charge in [-0.2, -0.15) is 13.2 Å². The van der Waals surface area contributed by atoms with Gasteiger partial charge >= 0.3 is 6.18 Å². The molecular formula is C14H17ClF4N2. The molecule has 0 aromatic heterocycles. The predicted molar refractivity (Wildman–Crippen MR) is 73.8 cm³/mol. The van der Waals surface area contributed by atoms with Gasteiger partial charge in [-0.05, 0) is 48.7 Å². The molecule has 21 heavy (non-hydrogen) atoms. The van der Waals surface area contributed by atoms with E-state index in [1.54, 1.807) is 0 Å². The summed E-state index contributed by atoms with van der Waals surface area (Å²) in [6, 6.07) is 2.79. The van der Waals surface area contributed by atoms with Gasteiger partial charge in [0.25, 0.3) is 0 Å². The van der Waals surface area contributed by atoms with E-state index in [9.17, 15) is 17.6 Å². The second kappa shape index (κ2) is 6.10. The largest absolute Gasteiger partial charge is 0.416 e. The van der Waals surface area contributed by atoms with E-state index in [1.807, 2.05) is 0 Å². The van der Waals surface area contributed by atoms with Crippen molar-refractivity contribution >= 4 is 12.4 Å². The monoisotopic (exact) mass is 324 g/mol. The summed E-state index contributed by atoms with van der Waals surface area (Å²) in [4.78, 5) is 2.12. The zero-order chi connectivity index (χ0) is 14.3. The van der Waals surface area contributed by atoms with Crippen LogP contribution >= 0.6 is 12.4 Å². The third kappa shape index (κ3) is 3.67. The molecule has 2 heterocycles. The summed E-state index contributed by atoms with van der Waals surface area (Å²) >= 11 is 0.